The zero-order chi connectivity index (χ0) is 15.1. The van der Waals surface area contributed by atoms with Crippen molar-refractivity contribution in [1.82, 2.24) is 0 Å². The van der Waals surface area contributed by atoms with E-state index < -0.39 is 5.97 Å². The number of aliphatic carboxylic acids is 1. The molecule has 110 valence electrons. The summed E-state index contributed by atoms with van der Waals surface area (Å²) >= 11 is 3.49. The minimum atomic E-state index is -0.807. The van der Waals surface area contributed by atoms with Crippen molar-refractivity contribution in [2.45, 2.75) is 51.4 Å². The van der Waals surface area contributed by atoms with Crippen LogP contribution in [0.15, 0.2) is 16.6 Å². The Morgan fingerprint density at radius 1 is 1.40 bits per heavy atom. The summed E-state index contributed by atoms with van der Waals surface area (Å²) in [5.41, 5.74) is 1.45. The molecule has 1 aliphatic rings. The lowest BCUT2D eigenvalue weighted by molar-refractivity contribution is -0.137. The molecule has 1 aliphatic carbocycles. The van der Waals surface area contributed by atoms with Crippen molar-refractivity contribution in [1.29, 1.82) is 0 Å². The minimum absolute atomic E-state index is 0.0816. The Bertz CT molecular complexity index is 527. The van der Waals surface area contributed by atoms with Crippen LogP contribution in [0.5, 0.6) is 5.75 Å². The van der Waals surface area contributed by atoms with Crippen molar-refractivity contribution < 1.29 is 15.0 Å². The molecule has 1 aromatic carbocycles. The summed E-state index contributed by atoms with van der Waals surface area (Å²) in [6.45, 7) is 6.13. The SMILES string of the molecule is CC(C)(C)c1cc(Br)cc(C(CC(=O)O)C2CC2)c1O. The molecule has 0 aliphatic heterocycles. The molecule has 1 aromatic rings. The van der Waals surface area contributed by atoms with E-state index in [1.807, 2.05) is 32.9 Å². The molecule has 0 amide bonds. The van der Waals surface area contributed by atoms with E-state index in [9.17, 15) is 9.90 Å². The summed E-state index contributed by atoms with van der Waals surface area (Å²) in [6.07, 6.45) is 2.18. The van der Waals surface area contributed by atoms with E-state index in [4.69, 9.17) is 5.11 Å². The fourth-order valence-corrected chi connectivity index (χ4v) is 3.17. The number of rotatable bonds is 4. The molecule has 3 nitrogen and oxygen atoms in total. The number of halogens is 1. The Labute approximate surface area is 128 Å². The highest BCUT2D eigenvalue weighted by molar-refractivity contribution is 9.10. The molecule has 1 atom stereocenters. The van der Waals surface area contributed by atoms with E-state index in [2.05, 4.69) is 15.9 Å². The van der Waals surface area contributed by atoms with Crippen LogP contribution in [0, 0.1) is 5.92 Å². The van der Waals surface area contributed by atoms with Gasteiger partial charge in [0.05, 0.1) is 6.42 Å². The Hall–Kier alpha value is -1.03. The van der Waals surface area contributed by atoms with Gasteiger partial charge in [-0.1, -0.05) is 36.7 Å². The summed E-state index contributed by atoms with van der Waals surface area (Å²) in [5, 5.41) is 19.7. The summed E-state index contributed by atoms with van der Waals surface area (Å²) in [7, 11) is 0. The van der Waals surface area contributed by atoms with E-state index in [-0.39, 0.29) is 23.5 Å². The van der Waals surface area contributed by atoms with Crippen LogP contribution in [0.4, 0.5) is 0 Å². The minimum Gasteiger partial charge on any atom is -0.507 e. The van der Waals surface area contributed by atoms with Gasteiger partial charge in [-0.05, 0) is 41.9 Å². The van der Waals surface area contributed by atoms with Crippen LogP contribution < -0.4 is 0 Å². The zero-order valence-corrected chi connectivity index (χ0v) is 13.7. The largest absolute Gasteiger partial charge is 0.507 e. The average Bonchev–Trinajstić information content (AvgIpc) is 3.11. The van der Waals surface area contributed by atoms with E-state index in [0.29, 0.717) is 5.92 Å². The van der Waals surface area contributed by atoms with E-state index in [0.717, 1.165) is 28.4 Å². The van der Waals surface area contributed by atoms with Gasteiger partial charge in [-0.3, -0.25) is 4.79 Å². The first kappa shape index (κ1) is 15.4. The zero-order valence-electron chi connectivity index (χ0n) is 12.1. The van der Waals surface area contributed by atoms with Crippen LogP contribution in [0.25, 0.3) is 0 Å². The Balaban J connectivity index is 2.49. The van der Waals surface area contributed by atoms with E-state index in [1.54, 1.807) is 0 Å². The fourth-order valence-electron chi connectivity index (χ4n) is 2.69. The van der Waals surface area contributed by atoms with Crippen LogP contribution >= 0.6 is 15.9 Å². The van der Waals surface area contributed by atoms with Gasteiger partial charge in [-0.2, -0.15) is 0 Å². The monoisotopic (exact) mass is 340 g/mol. The summed E-state index contributed by atoms with van der Waals surface area (Å²) in [4.78, 5) is 11.1. The van der Waals surface area contributed by atoms with Gasteiger partial charge < -0.3 is 10.2 Å². The standard InChI is InChI=1S/C16H21BrO3/c1-16(2,3)13-7-10(17)6-12(15(13)20)11(8-14(18)19)9-4-5-9/h6-7,9,11,20H,4-5,8H2,1-3H3,(H,18,19). The first-order valence-electron chi connectivity index (χ1n) is 6.95. The summed E-state index contributed by atoms with van der Waals surface area (Å²) < 4.78 is 0.895. The highest BCUT2D eigenvalue weighted by atomic mass is 79.9. The number of hydrogen-bond acceptors (Lipinski definition) is 2. The lowest BCUT2D eigenvalue weighted by Gasteiger charge is -2.25. The maximum absolute atomic E-state index is 11.1. The van der Waals surface area contributed by atoms with Gasteiger partial charge in [-0.15, -0.1) is 0 Å². The third-order valence-corrected chi connectivity index (χ3v) is 4.36. The predicted octanol–water partition coefficient (Wildman–Crippen LogP) is 4.42. The number of hydrogen-bond donors (Lipinski definition) is 2. The van der Waals surface area contributed by atoms with Crippen LogP contribution in [-0.2, 0) is 10.2 Å². The molecule has 0 saturated heterocycles. The maximum Gasteiger partial charge on any atom is 0.303 e. The second-order valence-corrected chi connectivity index (χ2v) is 7.60. The molecule has 20 heavy (non-hydrogen) atoms. The molecule has 4 heteroatoms. The van der Waals surface area contributed by atoms with Crippen molar-refractivity contribution in [3.8, 4) is 5.75 Å². The van der Waals surface area contributed by atoms with Crippen molar-refractivity contribution >= 4 is 21.9 Å². The first-order valence-corrected chi connectivity index (χ1v) is 7.74. The van der Waals surface area contributed by atoms with Gasteiger partial charge in [0.1, 0.15) is 5.75 Å². The van der Waals surface area contributed by atoms with Gasteiger partial charge in [0.15, 0.2) is 0 Å². The van der Waals surface area contributed by atoms with Crippen molar-refractivity contribution in [3.63, 3.8) is 0 Å². The van der Waals surface area contributed by atoms with Crippen LogP contribution in [-0.4, -0.2) is 16.2 Å². The third kappa shape index (κ3) is 3.35. The Morgan fingerprint density at radius 2 is 2.00 bits per heavy atom. The summed E-state index contributed by atoms with van der Waals surface area (Å²) in [5.74, 6) is -0.248. The number of aromatic hydroxyl groups is 1. The molecule has 2 rings (SSSR count). The number of phenolic OH excluding ortho intramolecular Hbond substituents is 1. The van der Waals surface area contributed by atoms with E-state index >= 15 is 0 Å². The first-order chi connectivity index (χ1) is 9.20. The van der Waals surface area contributed by atoms with Gasteiger partial charge in [0, 0.05) is 16.0 Å². The number of phenols is 1. The van der Waals surface area contributed by atoms with Crippen LogP contribution in [0.3, 0.4) is 0 Å². The van der Waals surface area contributed by atoms with E-state index in [1.165, 1.54) is 0 Å². The van der Waals surface area contributed by atoms with Crippen LogP contribution in [0.1, 0.15) is 57.1 Å². The van der Waals surface area contributed by atoms with Crippen molar-refractivity contribution in [2.75, 3.05) is 0 Å². The molecule has 1 fully saturated rings. The number of carbonyl (C=O) groups is 1. The quantitative estimate of drug-likeness (QED) is 0.852. The molecule has 0 heterocycles. The number of benzene rings is 1. The second kappa shape index (κ2) is 5.40. The lowest BCUT2D eigenvalue weighted by Crippen LogP contribution is -2.15. The van der Waals surface area contributed by atoms with Gasteiger partial charge in [-0.25, -0.2) is 0 Å². The Morgan fingerprint density at radius 3 is 2.45 bits per heavy atom. The highest BCUT2D eigenvalue weighted by Gasteiger charge is 2.36. The molecule has 2 N–H and O–H groups in total. The molecule has 1 saturated carbocycles. The molecule has 0 bridgehead atoms. The Kier molecular flexibility index (Phi) is 4.14. The van der Waals surface area contributed by atoms with Gasteiger partial charge in [0.25, 0.3) is 0 Å². The predicted molar refractivity (Wildman–Crippen MR) is 82.2 cm³/mol. The molecule has 0 spiro atoms. The van der Waals surface area contributed by atoms with Crippen LogP contribution in [0.2, 0.25) is 0 Å². The molecule has 0 aromatic heterocycles. The number of carboxylic acid groups (broad SMARTS) is 1. The third-order valence-electron chi connectivity index (χ3n) is 3.90. The molecular formula is C16H21BrO3. The van der Waals surface area contributed by atoms with Crippen molar-refractivity contribution in [2.24, 2.45) is 5.92 Å². The molecule has 0 radical (unpaired) electrons. The topological polar surface area (TPSA) is 57.5 Å². The normalized spacial score (nSPS) is 17.0. The maximum atomic E-state index is 11.1. The fraction of sp³-hybridized carbons (Fsp3) is 0.562. The smallest absolute Gasteiger partial charge is 0.303 e. The molecule has 1 unspecified atom stereocenters. The number of carboxylic acids is 1. The molecular weight excluding hydrogens is 320 g/mol. The lowest BCUT2D eigenvalue weighted by atomic mass is 9.81. The van der Waals surface area contributed by atoms with Crippen molar-refractivity contribution in [3.05, 3.63) is 27.7 Å². The highest BCUT2D eigenvalue weighted by Crippen LogP contribution is 2.49. The summed E-state index contributed by atoms with van der Waals surface area (Å²) in [6, 6.07) is 3.79. The average molecular weight is 341 g/mol. The van der Waals surface area contributed by atoms with Gasteiger partial charge in [0.2, 0.25) is 0 Å². The van der Waals surface area contributed by atoms with Gasteiger partial charge >= 0.3 is 5.97 Å². The second-order valence-electron chi connectivity index (χ2n) is 6.68.